The van der Waals surface area contributed by atoms with E-state index >= 15 is 0 Å². The molecule has 0 unspecified atom stereocenters. The largest absolute Gasteiger partial charge is 0.205 e. The van der Waals surface area contributed by atoms with Gasteiger partial charge < -0.3 is 0 Å². The molecule has 0 saturated carbocycles. The number of hydrogen-bond acceptors (Lipinski definition) is 0. The topological polar surface area (TPSA) is 3.88 Å². The third kappa shape index (κ3) is 13.1. The molecule has 0 fully saturated rings. The van der Waals surface area contributed by atoms with Crippen LogP contribution < -0.4 is 4.57 Å². The highest BCUT2D eigenvalue weighted by atomic mass is 14.9. The summed E-state index contributed by atoms with van der Waals surface area (Å²) in [4.78, 5) is 0. The molecule has 0 atom stereocenters. The summed E-state index contributed by atoms with van der Waals surface area (Å²) in [5.74, 6) is 0. The molecule has 0 aliphatic carbocycles. The highest BCUT2D eigenvalue weighted by Crippen LogP contribution is 2.10. The van der Waals surface area contributed by atoms with Gasteiger partial charge in [-0.3, -0.25) is 0 Å². The van der Waals surface area contributed by atoms with E-state index < -0.39 is 0 Å². The monoisotopic (exact) mass is 346 g/mol. The minimum absolute atomic E-state index is 1.19. The molecule has 144 valence electrons. The molecule has 0 saturated heterocycles. The van der Waals surface area contributed by atoms with Crippen molar-refractivity contribution in [3.8, 4) is 0 Å². The van der Waals surface area contributed by atoms with Crippen LogP contribution in [-0.4, -0.2) is 0 Å². The summed E-state index contributed by atoms with van der Waals surface area (Å²) in [5, 5.41) is 0. The van der Waals surface area contributed by atoms with E-state index in [0.29, 0.717) is 0 Å². The molecule has 1 rings (SSSR count). The minimum atomic E-state index is 1.19. The van der Waals surface area contributed by atoms with Crippen molar-refractivity contribution in [1.29, 1.82) is 0 Å². The van der Waals surface area contributed by atoms with E-state index in [-0.39, 0.29) is 0 Å². The lowest BCUT2D eigenvalue weighted by Gasteiger charge is -2.03. The molecule has 0 amide bonds. The maximum atomic E-state index is 2.41. The Kier molecular flexibility index (Phi) is 14.7. The molecule has 0 aromatic carbocycles. The Morgan fingerprint density at radius 2 is 1.16 bits per heavy atom. The molecular weight excluding hydrogens is 302 g/mol. The Morgan fingerprint density at radius 3 is 1.76 bits per heavy atom. The van der Waals surface area contributed by atoms with Crippen molar-refractivity contribution in [3.63, 3.8) is 0 Å². The number of hydrogen-bond donors (Lipinski definition) is 0. The predicted octanol–water partition coefficient (Wildman–Crippen LogP) is 7.41. The lowest BCUT2D eigenvalue weighted by atomic mass is 10.1. The van der Waals surface area contributed by atoms with Crippen molar-refractivity contribution in [2.45, 2.75) is 123 Å². The van der Waals surface area contributed by atoms with E-state index in [9.17, 15) is 0 Å². The highest BCUT2D eigenvalue weighted by molar-refractivity contribution is 5.05. The first-order valence-corrected chi connectivity index (χ1v) is 11.3. The van der Waals surface area contributed by atoms with E-state index in [1.54, 1.807) is 0 Å². The highest BCUT2D eigenvalue weighted by Gasteiger charge is 2.03. The van der Waals surface area contributed by atoms with Gasteiger partial charge >= 0.3 is 0 Å². The van der Waals surface area contributed by atoms with Crippen LogP contribution in [0.3, 0.4) is 0 Å². The zero-order valence-electron chi connectivity index (χ0n) is 17.3. The molecule has 25 heavy (non-hydrogen) atoms. The Labute approximate surface area is 158 Å². The summed E-state index contributed by atoms with van der Waals surface area (Å²) >= 11 is 0. The molecule has 0 radical (unpaired) electrons. The first-order chi connectivity index (χ1) is 12.4. The van der Waals surface area contributed by atoms with Gasteiger partial charge in [0.05, 0.1) is 0 Å². The fourth-order valence-corrected chi connectivity index (χ4v) is 3.58. The van der Waals surface area contributed by atoms with Crippen LogP contribution in [0.5, 0.6) is 0 Å². The van der Waals surface area contributed by atoms with Gasteiger partial charge in [-0.25, -0.2) is 4.57 Å². The molecule has 0 aliphatic rings. The van der Waals surface area contributed by atoms with Crippen LogP contribution in [0, 0.1) is 0 Å². The maximum Gasteiger partial charge on any atom is 0.171 e. The number of aryl methyl sites for hydroxylation is 2. The standard InChI is InChI=1S/C24H44N/c1-3-5-7-9-11-12-13-15-17-21-25-22-18-20-24(23-25)19-16-14-10-8-6-4-2/h18,20,22-23H,3-17,19,21H2,1-2H3/q+1. The summed E-state index contributed by atoms with van der Waals surface area (Å²) in [6.45, 7) is 5.77. The fraction of sp³-hybridized carbons (Fsp3) is 0.792. The second kappa shape index (κ2) is 16.6. The van der Waals surface area contributed by atoms with Crippen molar-refractivity contribution in [3.05, 3.63) is 30.1 Å². The summed E-state index contributed by atoms with van der Waals surface area (Å²) in [7, 11) is 0. The smallest absolute Gasteiger partial charge is 0.171 e. The molecule has 1 nitrogen and oxygen atoms in total. The molecule has 1 aromatic heterocycles. The van der Waals surface area contributed by atoms with E-state index in [0.717, 1.165) is 0 Å². The maximum absolute atomic E-state index is 2.41. The number of nitrogens with zero attached hydrogens (tertiary/aromatic N) is 1. The van der Waals surface area contributed by atoms with Crippen molar-refractivity contribution < 1.29 is 4.57 Å². The summed E-state index contributed by atoms with van der Waals surface area (Å²) in [5.41, 5.74) is 1.52. The van der Waals surface area contributed by atoms with E-state index in [4.69, 9.17) is 0 Å². The molecular formula is C24H44N+. The van der Waals surface area contributed by atoms with Crippen molar-refractivity contribution in [1.82, 2.24) is 0 Å². The number of unbranched alkanes of at least 4 members (excludes halogenated alkanes) is 13. The van der Waals surface area contributed by atoms with E-state index in [2.05, 4.69) is 42.9 Å². The molecule has 0 N–H and O–H groups in total. The second-order valence-electron chi connectivity index (χ2n) is 7.80. The number of pyridine rings is 1. The van der Waals surface area contributed by atoms with Crippen LogP contribution in [0.4, 0.5) is 0 Å². The normalized spacial score (nSPS) is 11.1. The average Bonchev–Trinajstić information content (AvgIpc) is 2.63. The number of aromatic nitrogens is 1. The van der Waals surface area contributed by atoms with Gasteiger partial charge in [-0.1, -0.05) is 90.9 Å². The Balaban J connectivity index is 2.04. The van der Waals surface area contributed by atoms with Gasteiger partial charge in [0, 0.05) is 18.1 Å². The second-order valence-corrected chi connectivity index (χ2v) is 7.80. The molecule has 0 bridgehead atoms. The van der Waals surface area contributed by atoms with Gasteiger partial charge in [-0.05, 0) is 25.3 Å². The molecule has 1 heterocycles. The van der Waals surface area contributed by atoms with Gasteiger partial charge in [-0.2, -0.15) is 0 Å². The minimum Gasteiger partial charge on any atom is -0.205 e. The lowest BCUT2D eigenvalue weighted by molar-refractivity contribution is -0.697. The first kappa shape index (κ1) is 22.2. The van der Waals surface area contributed by atoms with Crippen molar-refractivity contribution >= 4 is 0 Å². The quantitative estimate of drug-likeness (QED) is 0.204. The van der Waals surface area contributed by atoms with Crippen LogP contribution in [0.25, 0.3) is 0 Å². The Bertz CT molecular complexity index is 399. The molecule has 0 aliphatic heterocycles. The summed E-state index contributed by atoms with van der Waals surface area (Å²) in [6, 6.07) is 4.54. The Morgan fingerprint density at radius 1 is 0.640 bits per heavy atom. The van der Waals surface area contributed by atoms with Gasteiger partial charge in [0.1, 0.15) is 6.54 Å². The Hall–Kier alpha value is -0.850. The molecule has 0 spiro atoms. The third-order valence-corrected chi connectivity index (χ3v) is 5.26. The van der Waals surface area contributed by atoms with Gasteiger partial charge in [0.2, 0.25) is 0 Å². The summed E-state index contributed by atoms with van der Waals surface area (Å²) < 4.78 is 2.41. The predicted molar refractivity (Wildman–Crippen MR) is 111 cm³/mol. The van der Waals surface area contributed by atoms with Crippen molar-refractivity contribution in [2.24, 2.45) is 0 Å². The summed E-state index contributed by atoms with van der Waals surface area (Å²) in [6.07, 6.45) is 26.9. The van der Waals surface area contributed by atoms with Gasteiger partial charge in [0.15, 0.2) is 12.4 Å². The van der Waals surface area contributed by atoms with Crippen LogP contribution in [0.2, 0.25) is 0 Å². The zero-order chi connectivity index (χ0) is 18.0. The SMILES string of the molecule is CCCCCCCCCCC[n+]1cccc(CCCCCCCC)c1. The van der Waals surface area contributed by atoms with Gasteiger partial charge in [0.25, 0.3) is 0 Å². The van der Waals surface area contributed by atoms with E-state index in [1.165, 1.54) is 115 Å². The van der Waals surface area contributed by atoms with Crippen LogP contribution in [0.15, 0.2) is 24.5 Å². The van der Waals surface area contributed by atoms with Gasteiger partial charge in [-0.15, -0.1) is 0 Å². The van der Waals surface area contributed by atoms with Crippen LogP contribution in [0.1, 0.15) is 116 Å². The fourth-order valence-electron chi connectivity index (χ4n) is 3.58. The number of rotatable bonds is 17. The lowest BCUT2D eigenvalue weighted by Crippen LogP contribution is -2.33. The van der Waals surface area contributed by atoms with Crippen LogP contribution >= 0.6 is 0 Å². The third-order valence-electron chi connectivity index (χ3n) is 5.26. The molecule has 1 heteroatoms. The first-order valence-electron chi connectivity index (χ1n) is 11.3. The van der Waals surface area contributed by atoms with Crippen LogP contribution in [-0.2, 0) is 13.0 Å². The van der Waals surface area contributed by atoms with Crippen molar-refractivity contribution in [2.75, 3.05) is 0 Å². The van der Waals surface area contributed by atoms with E-state index in [1.807, 2.05) is 0 Å². The average molecular weight is 347 g/mol. The molecule has 1 aromatic rings. The zero-order valence-corrected chi connectivity index (χ0v) is 17.3.